The standard InChI is InChI=1S/C7H16O2Se/c1-7(8)9-5-6-10(2,3)4/h5-6H2,1-4H3. The molecule has 0 spiro atoms. The predicted octanol–water partition coefficient (Wildman–Crippen LogP) is 1.89. The van der Waals surface area contributed by atoms with Crippen LogP contribution in [0, 0.1) is 0 Å². The van der Waals surface area contributed by atoms with Crippen LogP contribution in [0.25, 0.3) is 0 Å². The SMILES string of the molecule is CC(=O)OCC[Se](C)(C)C. The summed E-state index contributed by atoms with van der Waals surface area (Å²) in [6.07, 6.45) is 0. The van der Waals surface area contributed by atoms with Gasteiger partial charge >= 0.3 is 64.7 Å². The van der Waals surface area contributed by atoms with Crippen LogP contribution in [0.15, 0.2) is 0 Å². The van der Waals surface area contributed by atoms with E-state index in [9.17, 15) is 4.79 Å². The summed E-state index contributed by atoms with van der Waals surface area (Å²) < 4.78 is 4.82. The van der Waals surface area contributed by atoms with Crippen molar-refractivity contribution in [2.45, 2.75) is 29.7 Å². The van der Waals surface area contributed by atoms with Crippen molar-refractivity contribution in [2.24, 2.45) is 0 Å². The van der Waals surface area contributed by atoms with Gasteiger partial charge in [0.15, 0.2) is 0 Å². The molecule has 0 atom stereocenters. The fourth-order valence-electron chi connectivity index (χ4n) is 0.435. The summed E-state index contributed by atoms with van der Waals surface area (Å²) in [4.78, 5) is 10.3. The molecule has 2 nitrogen and oxygen atoms in total. The zero-order valence-corrected chi connectivity index (χ0v) is 8.85. The van der Waals surface area contributed by atoms with Crippen molar-refractivity contribution in [3.8, 4) is 0 Å². The summed E-state index contributed by atoms with van der Waals surface area (Å²) in [6, 6.07) is 0. The molecule has 0 radical (unpaired) electrons. The number of esters is 1. The van der Waals surface area contributed by atoms with E-state index in [-0.39, 0.29) is 5.97 Å². The van der Waals surface area contributed by atoms with Crippen LogP contribution in [-0.2, 0) is 9.53 Å². The van der Waals surface area contributed by atoms with E-state index < -0.39 is 12.8 Å². The van der Waals surface area contributed by atoms with Gasteiger partial charge in [0.05, 0.1) is 0 Å². The Morgan fingerprint density at radius 1 is 1.40 bits per heavy atom. The Morgan fingerprint density at radius 3 is 2.20 bits per heavy atom. The van der Waals surface area contributed by atoms with Crippen molar-refractivity contribution < 1.29 is 9.53 Å². The molecule has 62 valence electrons. The van der Waals surface area contributed by atoms with Crippen LogP contribution < -0.4 is 0 Å². The molecule has 0 aliphatic rings. The maximum absolute atomic E-state index is 10.3. The van der Waals surface area contributed by atoms with E-state index in [2.05, 4.69) is 17.5 Å². The Kier molecular flexibility index (Phi) is 3.99. The molecule has 0 fully saturated rings. The Labute approximate surface area is 65.2 Å². The third-order valence-electron chi connectivity index (χ3n) is 1.00. The van der Waals surface area contributed by atoms with Crippen molar-refractivity contribution in [3.05, 3.63) is 0 Å². The van der Waals surface area contributed by atoms with Crippen LogP contribution in [0.1, 0.15) is 6.92 Å². The van der Waals surface area contributed by atoms with Gasteiger partial charge in [-0.2, -0.15) is 0 Å². The molecular formula is C7H16O2Se. The Morgan fingerprint density at radius 2 is 1.90 bits per heavy atom. The van der Waals surface area contributed by atoms with Crippen LogP contribution in [-0.4, -0.2) is 25.4 Å². The van der Waals surface area contributed by atoms with Crippen molar-refractivity contribution in [1.29, 1.82) is 0 Å². The molecule has 0 aliphatic heterocycles. The number of carbonyl (C=O) groups excluding carboxylic acids is 1. The maximum atomic E-state index is 10.3. The number of carbonyl (C=O) groups is 1. The van der Waals surface area contributed by atoms with Crippen LogP contribution in [0.2, 0.25) is 22.8 Å². The second-order valence-electron chi connectivity index (χ2n) is 3.13. The first-order chi connectivity index (χ1) is 4.42. The molecule has 0 N–H and O–H groups in total. The fourth-order valence-corrected chi connectivity index (χ4v) is 1.66. The molecule has 3 heteroatoms. The molecule has 0 aromatic carbocycles. The molecule has 0 rings (SSSR count). The van der Waals surface area contributed by atoms with E-state index >= 15 is 0 Å². The van der Waals surface area contributed by atoms with Gasteiger partial charge < -0.3 is 0 Å². The van der Waals surface area contributed by atoms with Crippen molar-refractivity contribution in [3.63, 3.8) is 0 Å². The Bertz CT molecular complexity index is 115. The first kappa shape index (κ1) is 9.99. The molecule has 0 heterocycles. The van der Waals surface area contributed by atoms with Gasteiger partial charge in [-0.15, -0.1) is 0 Å². The third-order valence-corrected chi connectivity index (χ3v) is 3.92. The molecular weight excluding hydrogens is 195 g/mol. The molecule has 0 amide bonds. The summed E-state index contributed by atoms with van der Waals surface area (Å²) in [5.41, 5.74) is 0. The summed E-state index contributed by atoms with van der Waals surface area (Å²) in [7, 11) is 0. The Hall–Kier alpha value is -0.0105. The Balaban J connectivity index is 3.29. The second-order valence-corrected chi connectivity index (χ2v) is 12.8. The van der Waals surface area contributed by atoms with Gasteiger partial charge in [0, 0.05) is 0 Å². The van der Waals surface area contributed by atoms with E-state index in [1.54, 1.807) is 0 Å². The first-order valence-corrected chi connectivity index (χ1v) is 9.56. The topological polar surface area (TPSA) is 26.3 Å². The molecule has 0 aromatic heterocycles. The molecule has 0 unspecified atom stereocenters. The zero-order chi connectivity index (χ0) is 8.20. The molecule has 0 saturated carbocycles. The zero-order valence-electron chi connectivity index (χ0n) is 7.14. The molecule has 0 aliphatic carbocycles. The summed E-state index contributed by atoms with van der Waals surface area (Å²) in [6.45, 7) is 2.06. The van der Waals surface area contributed by atoms with Crippen LogP contribution >= 0.6 is 0 Å². The van der Waals surface area contributed by atoms with E-state index in [1.165, 1.54) is 6.92 Å². The number of hydrogen-bond donors (Lipinski definition) is 0. The number of rotatable bonds is 3. The summed E-state index contributed by atoms with van der Waals surface area (Å²) >= 11 is -1.16. The minimum absolute atomic E-state index is 0.166. The van der Waals surface area contributed by atoms with Gasteiger partial charge in [-0.05, 0) is 0 Å². The number of ether oxygens (including phenoxy) is 1. The molecule has 0 saturated heterocycles. The van der Waals surface area contributed by atoms with E-state index in [1.807, 2.05) is 0 Å². The minimum atomic E-state index is -1.16. The van der Waals surface area contributed by atoms with Gasteiger partial charge in [0.25, 0.3) is 0 Å². The van der Waals surface area contributed by atoms with Gasteiger partial charge in [-0.1, -0.05) is 0 Å². The van der Waals surface area contributed by atoms with Crippen molar-refractivity contribution >= 4 is 18.8 Å². The molecule has 0 aromatic rings. The monoisotopic (exact) mass is 212 g/mol. The van der Waals surface area contributed by atoms with E-state index in [0.29, 0.717) is 6.61 Å². The van der Waals surface area contributed by atoms with Crippen molar-refractivity contribution in [1.82, 2.24) is 0 Å². The van der Waals surface area contributed by atoms with Crippen LogP contribution in [0.4, 0.5) is 0 Å². The fraction of sp³-hybridized carbons (Fsp3) is 0.857. The van der Waals surface area contributed by atoms with Gasteiger partial charge in [-0.3, -0.25) is 0 Å². The quantitative estimate of drug-likeness (QED) is 0.526. The second kappa shape index (κ2) is 3.99. The van der Waals surface area contributed by atoms with Gasteiger partial charge in [0.1, 0.15) is 0 Å². The predicted molar refractivity (Wildman–Crippen MR) is 44.8 cm³/mol. The average molecular weight is 211 g/mol. The average Bonchev–Trinajstić information content (AvgIpc) is 1.59. The third kappa shape index (κ3) is 7.99. The van der Waals surface area contributed by atoms with E-state index in [0.717, 1.165) is 5.32 Å². The summed E-state index contributed by atoms with van der Waals surface area (Å²) in [5, 5.41) is 1.08. The molecule has 10 heavy (non-hydrogen) atoms. The van der Waals surface area contributed by atoms with Gasteiger partial charge in [-0.25, -0.2) is 0 Å². The van der Waals surface area contributed by atoms with Gasteiger partial charge in [0.2, 0.25) is 0 Å². The number of hydrogen-bond acceptors (Lipinski definition) is 2. The van der Waals surface area contributed by atoms with Crippen molar-refractivity contribution in [2.75, 3.05) is 6.61 Å². The summed E-state index contributed by atoms with van der Waals surface area (Å²) in [5.74, 6) is 6.67. The van der Waals surface area contributed by atoms with Crippen LogP contribution in [0.5, 0.6) is 0 Å². The van der Waals surface area contributed by atoms with E-state index in [4.69, 9.17) is 4.74 Å². The van der Waals surface area contributed by atoms with Crippen LogP contribution in [0.3, 0.4) is 0 Å². The first-order valence-electron chi connectivity index (χ1n) is 3.21. The normalized spacial score (nSPS) is 12.8. The molecule has 0 bridgehead atoms.